The maximum atomic E-state index is 12.3. The van der Waals surface area contributed by atoms with E-state index in [1.165, 1.54) is 10.6 Å². The van der Waals surface area contributed by atoms with Crippen molar-refractivity contribution in [3.05, 3.63) is 54.6 Å². The second-order valence-corrected chi connectivity index (χ2v) is 8.76. The largest absolute Gasteiger partial charge is 0.457 e. The van der Waals surface area contributed by atoms with Crippen LogP contribution in [-0.2, 0) is 14.8 Å². The van der Waals surface area contributed by atoms with E-state index in [1.807, 2.05) is 35.2 Å². The first-order valence-corrected chi connectivity index (χ1v) is 11.1. The van der Waals surface area contributed by atoms with Crippen molar-refractivity contribution in [2.24, 2.45) is 0 Å². The lowest BCUT2D eigenvalue weighted by Gasteiger charge is -2.20. The predicted octanol–water partition coefficient (Wildman–Crippen LogP) is 2.38. The molecule has 0 aliphatic carbocycles. The van der Waals surface area contributed by atoms with Crippen molar-refractivity contribution in [3.8, 4) is 11.5 Å². The number of ether oxygens (including phenoxy) is 1. The number of amides is 1. The van der Waals surface area contributed by atoms with Crippen LogP contribution in [-0.4, -0.2) is 62.5 Å². The van der Waals surface area contributed by atoms with Crippen LogP contribution >= 0.6 is 0 Å². The van der Waals surface area contributed by atoms with Gasteiger partial charge in [0.1, 0.15) is 11.5 Å². The van der Waals surface area contributed by atoms with E-state index < -0.39 is 10.0 Å². The first kappa shape index (κ1) is 20.3. The minimum atomic E-state index is -3.18. The Bertz CT molecular complexity index is 885. The molecule has 150 valence electrons. The summed E-state index contributed by atoms with van der Waals surface area (Å²) < 4.78 is 30.5. The summed E-state index contributed by atoms with van der Waals surface area (Å²) in [5.74, 6) is 1.32. The van der Waals surface area contributed by atoms with E-state index in [1.54, 1.807) is 24.3 Å². The molecular formula is C20H25N3O4S. The molecule has 0 saturated carbocycles. The van der Waals surface area contributed by atoms with Crippen molar-refractivity contribution < 1.29 is 17.9 Å². The predicted molar refractivity (Wildman–Crippen MR) is 109 cm³/mol. The Morgan fingerprint density at radius 2 is 1.64 bits per heavy atom. The molecule has 1 saturated heterocycles. The molecule has 0 spiro atoms. The molecule has 2 aromatic rings. The van der Waals surface area contributed by atoms with Gasteiger partial charge in [0.05, 0.1) is 12.8 Å². The monoisotopic (exact) mass is 403 g/mol. The standard InChI is InChI=1S/C20H25N3O4S/c1-28(25,26)23-13-5-12-22(14-15-23)16-20(24)21-17-8-10-19(11-9-17)27-18-6-3-2-4-7-18/h2-4,6-11H,5,12-16H2,1H3,(H,21,24). The number of hydrogen-bond acceptors (Lipinski definition) is 5. The maximum Gasteiger partial charge on any atom is 0.238 e. The van der Waals surface area contributed by atoms with Crippen molar-refractivity contribution in [2.75, 3.05) is 44.3 Å². The lowest BCUT2D eigenvalue weighted by atomic mass is 10.3. The van der Waals surface area contributed by atoms with Gasteiger partial charge in [0, 0.05) is 25.3 Å². The molecule has 0 radical (unpaired) electrons. The van der Waals surface area contributed by atoms with Crippen molar-refractivity contribution in [2.45, 2.75) is 6.42 Å². The van der Waals surface area contributed by atoms with Gasteiger partial charge in [0.2, 0.25) is 15.9 Å². The van der Waals surface area contributed by atoms with E-state index in [0.29, 0.717) is 44.0 Å². The maximum absolute atomic E-state index is 12.3. The highest BCUT2D eigenvalue weighted by atomic mass is 32.2. The summed E-state index contributed by atoms with van der Waals surface area (Å²) in [6.07, 6.45) is 1.94. The van der Waals surface area contributed by atoms with Gasteiger partial charge in [-0.05, 0) is 49.4 Å². The number of carbonyl (C=O) groups excluding carboxylic acids is 1. The Labute approximate surface area is 166 Å². The van der Waals surface area contributed by atoms with E-state index in [9.17, 15) is 13.2 Å². The summed E-state index contributed by atoms with van der Waals surface area (Å²) in [6, 6.07) is 16.7. The van der Waals surface area contributed by atoms with E-state index >= 15 is 0 Å². The summed E-state index contributed by atoms with van der Waals surface area (Å²) >= 11 is 0. The Balaban J connectivity index is 1.49. The molecular weight excluding hydrogens is 378 g/mol. The molecule has 0 atom stereocenters. The average molecular weight is 404 g/mol. The molecule has 1 heterocycles. The molecule has 1 fully saturated rings. The molecule has 1 amide bonds. The third-order valence-corrected chi connectivity index (χ3v) is 5.80. The second-order valence-electron chi connectivity index (χ2n) is 6.78. The fourth-order valence-electron chi connectivity index (χ4n) is 3.07. The van der Waals surface area contributed by atoms with Gasteiger partial charge >= 0.3 is 0 Å². The lowest BCUT2D eigenvalue weighted by Crippen LogP contribution is -2.37. The summed E-state index contributed by atoms with van der Waals surface area (Å²) in [4.78, 5) is 14.3. The Kier molecular flexibility index (Phi) is 6.66. The number of nitrogens with one attached hydrogen (secondary N) is 1. The minimum Gasteiger partial charge on any atom is -0.457 e. The van der Waals surface area contributed by atoms with Crippen LogP contribution in [0.25, 0.3) is 0 Å². The van der Waals surface area contributed by atoms with Crippen molar-refractivity contribution >= 4 is 21.6 Å². The fourth-order valence-corrected chi connectivity index (χ4v) is 3.95. The van der Waals surface area contributed by atoms with Gasteiger partial charge in [0.15, 0.2) is 0 Å². The minimum absolute atomic E-state index is 0.121. The van der Waals surface area contributed by atoms with Gasteiger partial charge in [-0.25, -0.2) is 12.7 Å². The zero-order chi connectivity index (χ0) is 20.0. The van der Waals surface area contributed by atoms with Crippen LogP contribution in [0.4, 0.5) is 5.69 Å². The third-order valence-electron chi connectivity index (χ3n) is 4.50. The van der Waals surface area contributed by atoms with E-state index in [4.69, 9.17) is 4.74 Å². The molecule has 28 heavy (non-hydrogen) atoms. The average Bonchev–Trinajstić information content (AvgIpc) is 2.90. The first-order valence-electron chi connectivity index (χ1n) is 9.20. The van der Waals surface area contributed by atoms with Crippen molar-refractivity contribution in [3.63, 3.8) is 0 Å². The molecule has 2 aromatic carbocycles. The lowest BCUT2D eigenvalue weighted by molar-refractivity contribution is -0.117. The van der Waals surface area contributed by atoms with Crippen LogP contribution in [0, 0.1) is 0 Å². The number of para-hydroxylation sites is 1. The van der Waals surface area contributed by atoms with Gasteiger partial charge < -0.3 is 10.1 Å². The van der Waals surface area contributed by atoms with Gasteiger partial charge in [-0.15, -0.1) is 0 Å². The van der Waals surface area contributed by atoms with Crippen molar-refractivity contribution in [1.82, 2.24) is 9.21 Å². The first-order chi connectivity index (χ1) is 13.4. The SMILES string of the molecule is CS(=O)(=O)N1CCCN(CC(=O)Nc2ccc(Oc3ccccc3)cc2)CC1. The molecule has 8 heteroatoms. The number of nitrogens with zero attached hydrogens (tertiary/aromatic N) is 2. The summed E-state index contributed by atoms with van der Waals surface area (Å²) in [5.41, 5.74) is 0.693. The van der Waals surface area contributed by atoms with E-state index in [2.05, 4.69) is 5.32 Å². The van der Waals surface area contributed by atoms with E-state index in [-0.39, 0.29) is 12.5 Å². The summed E-state index contributed by atoms with van der Waals surface area (Å²) in [5, 5.41) is 2.87. The molecule has 0 bridgehead atoms. The number of carbonyl (C=O) groups is 1. The van der Waals surface area contributed by atoms with Gasteiger partial charge in [0.25, 0.3) is 0 Å². The second kappa shape index (κ2) is 9.18. The molecule has 0 aromatic heterocycles. The molecule has 1 N–H and O–H groups in total. The summed E-state index contributed by atoms with van der Waals surface area (Å²) in [7, 11) is -3.18. The topological polar surface area (TPSA) is 79.0 Å². The normalized spacial score (nSPS) is 16.3. The Morgan fingerprint density at radius 1 is 0.964 bits per heavy atom. The highest BCUT2D eigenvalue weighted by Gasteiger charge is 2.22. The highest BCUT2D eigenvalue weighted by molar-refractivity contribution is 7.88. The van der Waals surface area contributed by atoms with Crippen LogP contribution in [0.2, 0.25) is 0 Å². The van der Waals surface area contributed by atoms with Crippen LogP contribution in [0.5, 0.6) is 11.5 Å². The summed E-state index contributed by atoms with van der Waals surface area (Å²) in [6.45, 7) is 2.39. The molecule has 7 nitrogen and oxygen atoms in total. The smallest absolute Gasteiger partial charge is 0.238 e. The third kappa shape index (κ3) is 6.05. The van der Waals surface area contributed by atoms with Crippen LogP contribution in [0.15, 0.2) is 54.6 Å². The number of anilines is 1. The quantitative estimate of drug-likeness (QED) is 0.801. The van der Waals surface area contributed by atoms with E-state index in [0.717, 1.165) is 5.75 Å². The van der Waals surface area contributed by atoms with Gasteiger partial charge in [-0.1, -0.05) is 18.2 Å². The van der Waals surface area contributed by atoms with Crippen LogP contribution in [0.3, 0.4) is 0 Å². The number of sulfonamides is 1. The van der Waals surface area contributed by atoms with Gasteiger partial charge in [-0.3, -0.25) is 9.69 Å². The number of rotatable bonds is 6. The number of hydrogen-bond donors (Lipinski definition) is 1. The highest BCUT2D eigenvalue weighted by Crippen LogP contribution is 2.22. The number of benzene rings is 2. The van der Waals surface area contributed by atoms with Crippen LogP contribution in [0.1, 0.15) is 6.42 Å². The van der Waals surface area contributed by atoms with Crippen molar-refractivity contribution in [1.29, 1.82) is 0 Å². The van der Waals surface area contributed by atoms with Crippen LogP contribution < -0.4 is 10.1 Å². The zero-order valence-electron chi connectivity index (χ0n) is 15.9. The molecule has 0 unspecified atom stereocenters. The molecule has 3 rings (SSSR count). The molecule has 1 aliphatic heterocycles. The zero-order valence-corrected chi connectivity index (χ0v) is 16.7. The van der Waals surface area contributed by atoms with Gasteiger partial charge in [-0.2, -0.15) is 0 Å². The Hall–Kier alpha value is -2.42. The Morgan fingerprint density at radius 3 is 2.32 bits per heavy atom. The molecule has 1 aliphatic rings. The fraction of sp³-hybridized carbons (Fsp3) is 0.350.